The zero-order valence-electron chi connectivity index (χ0n) is 11.4. The first kappa shape index (κ1) is 15.3. The first-order valence-electron chi connectivity index (χ1n) is 6.06. The van der Waals surface area contributed by atoms with Crippen LogP contribution in [0.25, 0.3) is 0 Å². The number of phenolic OH excluding ortho intramolecular Hbond substituents is 1. The molecule has 2 aromatic rings. The van der Waals surface area contributed by atoms with Crippen LogP contribution >= 0.6 is 15.9 Å². The summed E-state index contributed by atoms with van der Waals surface area (Å²) in [5.74, 6) is -0.771. The quantitative estimate of drug-likeness (QED) is 0.880. The van der Waals surface area contributed by atoms with Gasteiger partial charge in [-0.15, -0.1) is 0 Å². The standard InChI is InChI=1S/C15H13BrFNO3/c1-8-5-11(16)12(17)7-13(8)18-15(20)10-4-3-9(21-2)6-14(10)19/h3-7,19H,1-2H3,(H,18,20). The second-order valence-corrected chi connectivity index (χ2v) is 5.27. The molecule has 1 amide bonds. The number of ether oxygens (including phenoxy) is 1. The van der Waals surface area contributed by atoms with Gasteiger partial charge in [-0.3, -0.25) is 4.79 Å². The number of amides is 1. The molecule has 2 N–H and O–H groups in total. The van der Waals surface area contributed by atoms with Crippen molar-refractivity contribution >= 4 is 27.5 Å². The van der Waals surface area contributed by atoms with Gasteiger partial charge in [-0.1, -0.05) is 0 Å². The summed E-state index contributed by atoms with van der Waals surface area (Å²) < 4.78 is 18.8. The molecule has 0 aliphatic heterocycles. The second-order valence-electron chi connectivity index (χ2n) is 4.42. The fraction of sp³-hybridized carbons (Fsp3) is 0.133. The number of aromatic hydroxyl groups is 1. The van der Waals surface area contributed by atoms with Crippen LogP contribution in [0.3, 0.4) is 0 Å². The number of aryl methyl sites for hydroxylation is 1. The predicted molar refractivity (Wildman–Crippen MR) is 81.4 cm³/mol. The van der Waals surface area contributed by atoms with Crippen LogP contribution < -0.4 is 10.1 Å². The number of phenols is 1. The van der Waals surface area contributed by atoms with Crippen molar-refractivity contribution in [3.05, 3.63) is 51.7 Å². The third-order valence-corrected chi connectivity index (χ3v) is 3.57. The number of hydrogen-bond acceptors (Lipinski definition) is 3. The van der Waals surface area contributed by atoms with Gasteiger partial charge in [0, 0.05) is 11.8 Å². The van der Waals surface area contributed by atoms with Gasteiger partial charge in [0.05, 0.1) is 17.1 Å². The Morgan fingerprint density at radius 3 is 2.67 bits per heavy atom. The Morgan fingerprint density at radius 2 is 2.05 bits per heavy atom. The van der Waals surface area contributed by atoms with E-state index in [4.69, 9.17) is 4.74 Å². The molecule has 4 nitrogen and oxygen atoms in total. The van der Waals surface area contributed by atoms with E-state index in [1.54, 1.807) is 19.1 Å². The number of benzene rings is 2. The minimum absolute atomic E-state index is 0.0820. The molecule has 0 heterocycles. The van der Waals surface area contributed by atoms with Crippen molar-refractivity contribution < 1.29 is 19.0 Å². The van der Waals surface area contributed by atoms with E-state index in [-0.39, 0.29) is 11.3 Å². The highest BCUT2D eigenvalue weighted by atomic mass is 79.9. The lowest BCUT2D eigenvalue weighted by Gasteiger charge is -2.11. The van der Waals surface area contributed by atoms with Crippen LogP contribution in [-0.4, -0.2) is 18.1 Å². The lowest BCUT2D eigenvalue weighted by molar-refractivity contribution is 0.102. The maximum atomic E-state index is 13.5. The molecule has 0 spiro atoms. The first-order chi connectivity index (χ1) is 9.92. The number of methoxy groups -OCH3 is 1. The topological polar surface area (TPSA) is 58.6 Å². The van der Waals surface area contributed by atoms with E-state index in [0.717, 1.165) is 0 Å². The normalized spacial score (nSPS) is 10.3. The molecule has 0 fully saturated rings. The fourth-order valence-electron chi connectivity index (χ4n) is 1.80. The van der Waals surface area contributed by atoms with Crippen molar-refractivity contribution in [3.63, 3.8) is 0 Å². The molecule has 0 radical (unpaired) electrons. The lowest BCUT2D eigenvalue weighted by Crippen LogP contribution is -2.13. The summed E-state index contributed by atoms with van der Waals surface area (Å²) in [6, 6.07) is 7.12. The molecule has 110 valence electrons. The third kappa shape index (κ3) is 3.33. The number of anilines is 1. The first-order valence-corrected chi connectivity index (χ1v) is 6.85. The second kappa shape index (κ2) is 6.13. The molecule has 0 atom stereocenters. The largest absolute Gasteiger partial charge is 0.507 e. The van der Waals surface area contributed by atoms with E-state index < -0.39 is 11.7 Å². The minimum Gasteiger partial charge on any atom is -0.507 e. The van der Waals surface area contributed by atoms with Crippen LogP contribution in [-0.2, 0) is 0 Å². The Labute approximate surface area is 129 Å². The molecule has 0 aliphatic carbocycles. The maximum Gasteiger partial charge on any atom is 0.259 e. The third-order valence-electron chi connectivity index (χ3n) is 2.97. The SMILES string of the molecule is COc1ccc(C(=O)Nc2cc(F)c(Br)cc2C)c(O)c1. The molecule has 0 saturated carbocycles. The molecular formula is C15H13BrFNO3. The van der Waals surface area contributed by atoms with E-state index in [0.29, 0.717) is 21.5 Å². The molecule has 0 saturated heterocycles. The van der Waals surface area contributed by atoms with E-state index in [9.17, 15) is 14.3 Å². The Morgan fingerprint density at radius 1 is 1.33 bits per heavy atom. The summed E-state index contributed by atoms with van der Waals surface area (Å²) in [6.45, 7) is 1.74. The molecule has 2 aromatic carbocycles. The van der Waals surface area contributed by atoms with Crippen molar-refractivity contribution in [2.45, 2.75) is 6.92 Å². The van der Waals surface area contributed by atoms with E-state index >= 15 is 0 Å². The van der Waals surface area contributed by atoms with Gasteiger partial charge in [0.1, 0.15) is 17.3 Å². The summed E-state index contributed by atoms with van der Waals surface area (Å²) in [5, 5.41) is 12.4. The molecule has 0 bridgehead atoms. The highest BCUT2D eigenvalue weighted by molar-refractivity contribution is 9.10. The Hall–Kier alpha value is -2.08. The summed E-state index contributed by atoms with van der Waals surface area (Å²) >= 11 is 3.08. The van der Waals surface area contributed by atoms with Crippen LogP contribution in [0.4, 0.5) is 10.1 Å². The molecular weight excluding hydrogens is 341 g/mol. The van der Waals surface area contributed by atoms with Crippen LogP contribution in [0, 0.1) is 12.7 Å². The van der Waals surface area contributed by atoms with Crippen LogP contribution in [0.2, 0.25) is 0 Å². The molecule has 0 aliphatic rings. The van der Waals surface area contributed by atoms with E-state index in [1.807, 2.05) is 0 Å². The monoisotopic (exact) mass is 353 g/mol. The lowest BCUT2D eigenvalue weighted by atomic mass is 10.1. The van der Waals surface area contributed by atoms with E-state index in [2.05, 4.69) is 21.2 Å². The smallest absolute Gasteiger partial charge is 0.259 e. The number of carbonyl (C=O) groups is 1. The Kier molecular flexibility index (Phi) is 4.47. The summed E-state index contributed by atoms with van der Waals surface area (Å²) in [4.78, 5) is 12.1. The summed E-state index contributed by atoms with van der Waals surface area (Å²) in [6.07, 6.45) is 0. The van der Waals surface area contributed by atoms with Gasteiger partial charge >= 0.3 is 0 Å². The average molecular weight is 354 g/mol. The molecule has 2 rings (SSSR count). The molecule has 0 unspecified atom stereocenters. The zero-order chi connectivity index (χ0) is 15.6. The average Bonchev–Trinajstić information content (AvgIpc) is 2.44. The van der Waals surface area contributed by atoms with Crippen molar-refractivity contribution in [3.8, 4) is 11.5 Å². The minimum atomic E-state index is -0.528. The number of carbonyl (C=O) groups excluding carboxylic acids is 1. The van der Waals surface area contributed by atoms with Gasteiger partial charge in [-0.05, 0) is 52.7 Å². The molecule has 0 aromatic heterocycles. The van der Waals surface area contributed by atoms with Gasteiger partial charge < -0.3 is 15.2 Å². The van der Waals surface area contributed by atoms with Gasteiger partial charge in [-0.2, -0.15) is 0 Å². The van der Waals surface area contributed by atoms with Crippen molar-refractivity contribution in [1.82, 2.24) is 0 Å². The Balaban J connectivity index is 2.28. The van der Waals surface area contributed by atoms with E-state index in [1.165, 1.54) is 25.3 Å². The Bertz CT molecular complexity index is 704. The van der Waals surface area contributed by atoms with Gasteiger partial charge in [-0.25, -0.2) is 4.39 Å². The molecule has 6 heteroatoms. The highest BCUT2D eigenvalue weighted by Gasteiger charge is 2.14. The summed E-state index contributed by atoms with van der Waals surface area (Å²) in [7, 11) is 1.46. The highest BCUT2D eigenvalue weighted by Crippen LogP contribution is 2.27. The zero-order valence-corrected chi connectivity index (χ0v) is 13.0. The predicted octanol–water partition coefficient (Wildman–Crippen LogP) is 3.86. The number of rotatable bonds is 3. The van der Waals surface area contributed by atoms with Crippen molar-refractivity contribution in [2.24, 2.45) is 0 Å². The summed E-state index contributed by atoms with van der Waals surface area (Å²) in [5.41, 5.74) is 1.12. The molecule has 21 heavy (non-hydrogen) atoms. The number of nitrogens with one attached hydrogen (secondary N) is 1. The fourth-order valence-corrected chi connectivity index (χ4v) is 2.26. The van der Waals surface area contributed by atoms with Crippen molar-refractivity contribution in [1.29, 1.82) is 0 Å². The maximum absolute atomic E-state index is 13.5. The number of hydrogen-bond donors (Lipinski definition) is 2. The van der Waals surface area contributed by atoms with Crippen LogP contribution in [0.5, 0.6) is 11.5 Å². The van der Waals surface area contributed by atoms with Crippen LogP contribution in [0.1, 0.15) is 15.9 Å². The van der Waals surface area contributed by atoms with Crippen molar-refractivity contribution in [2.75, 3.05) is 12.4 Å². The number of halogens is 2. The van der Waals surface area contributed by atoms with Crippen LogP contribution in [0.15, 0.2) is 34.8 Å². The van der Waals surface area contributed by atoms with Gasteiger partial charge in [0.15, 0.2) is 0 Å². The van der Waals surface area contributed by atoms with Gasteiger partial charge in [0.2, 0.25) is 0 Å². The van der Waals surface area contributed by atoms with Gasteiger partial charge in [0.25, 0.3) is 5.91 Å².